The molecule has 5 atom stereocenters. The maximum Gasteiger partial charge on any atom is 0.472 e. The quantitative estimate of drug-likeness (QED) is 0.0222. The lowest BCUT2D eigenvalue weighted by Gasteiger charge is -2.21. The second-order valence-electron chi connectivity index (χ2n) is 28.3. The van der Waals surface area contributed by atoms with E-state index in [0.29, 0.717) is 31.6 Å². The Kier molecular flexibility index (Phi) is 66.5. The molecule has 95 heavy (non-hydrogen) atoms. The molecule has 0 saturated heterocycles. The first-order chi connectivity index (χ1) is 45.9. The van der Waals surface area contributed by atoms with Crippen molar-refractivity contribution < 1.29 is 80.2 Å². The highest BCUT2D eigenvalue weighted by Crippen LogP contribution is 2.45. The highest BCUT2D eigenvalue weighted by atomic mass is 31.2. The molecule has 2 unspecified atom stereocenters. The van der Waals surface area contributed by atoms with E-state index in [9.17, 15) is 43.2 Å². The molecule has 0 fully saturated rings. The van der Waals surface area contributed by atoms with Crippen molar-refractivity contribution in [2.24, 2.45) is 11.8 Å². The SMILES string of the molecule is CCCCCCCCCCCCCCCCCCCCCCC(=O)O[C@H](COC(=O)CCCCCCCCCCCCCCC)COP(=O)(O)OC[C@@H](O)COP(=O)(O)OC[C@@H](COC(=O)CCCCCCCCCC(C)C)OC(=O)CCCCCCCCCCCC(C)C. The summed E-state index contributed by atoms with van der Waals surface area (Å²) in [4.78, 5) is 72.8. The van der Waals surface area contributed by atoms with E-state index in [1.54, 1.807) is 0 Å². The Morgan fingerprint density at radius 3 is 0.716 bits per heavy atom. The van der Waals surface area contributed by atoms with E-state index in [1.807, 2.05) is 0 Å². The normalized spacial score (nSPS) is 14.0. The van der Waals surface area contributed by atoms with Crippen molar-refractivity contribution in [3.05, 3.63) is 0 Å². The molecule has 0 aliphatic heterocycles. The molecule has 0 aromatic heterocycles. The van der Waals surface area contributed by atoms with Gasteiger partial charge in [0, 0.05) is 25.7 Å². The van der Waals surface area contributed by atoms with Gasteiger partial charge in [0.15, 0.2) is 12.2 Å². The number of ether oxygens (including phenoxy) is 4. The second kappa shape index (κ2) is 67.9. The fraction of sp³-hybridized carbons (Fsp3) is 0.947. The number of phosphoric acid groups is 2. The number of unbranched alkanes of at least 4 members (excludes halogenated alkanes) is 45. The first-order valence-electron chi connectivity index (χ1n) is 39.5. The van der Waals surface area contributed by atoms with Gasteiger partial charge in [0.05, 0.1) is 26.4 Å². The highest BCUT2D eigenvalue weighted by Gasteiger charge is 2.30. The van der Waals surface area contributed by atoms with Crippen LogP contribution < -0.4 is 0 Å². The van der Waals surface area contributed by atoms with Gasteiger partial charge in [-0.3, -0.25) is 37.3 Å². The van der Waals surface area contributed by atoms with Crippen LogP contribution >= 0.6 is 15.6 Å². The average molecular weight is 1400 g/mol. The van der Waals surface area contributed by atoms with Crippen LogP contribution in [0.25, 0.3) is 0 Å². The van der Waals surface area contributed by atoms with Gasteiger partial charge in [-0.15, -0.1) is 0 Å². The third-order valence-corrected chi connectivity index (χ3v) is 19.6. The number of esters is 4. The third kappa shape index (κ3) is 70.3. The second-order valence-corrected chi connectivity index (χ2v) is 31.3. The van der Waals surface area contributed by atoms with E-state index in [-0.39, 0.29) is 25.7 Å². The van der Waals surface area contributed by atoms with Crippen LogP contribution in [-0.2, 0) is 65.4 Å². The first-order valence-corrected chi connectivity index (χ1v) is 42.5. The molecule has 0 rings (SSSR count). The molecule has 0 spiro atoms. The maximum atomic E-state index is 13.1. The smallest absolute Gasteiger partial charge is 0.462 e. The highest BCUT2D eigenvalue weighted by molar-refractivity contribution is 7.47. The van der Waals surface area contributed by atoms with Crippen LogP contribution in [-0.4, -0.2) is 96.7 Å². The van der Waals surface area contributed by atoms with E-state index in [0.717, 1.165) is 102 Å². The van der Waals surface area contributed by atoms with Gasteiger partial charge >= 0.3 is 39.5 Å². The Morgan fingerprint density at radius 2 is 0.484 bits per heavy atom. The van der Waals surface area contributed by atoms with Crippen LogP contribution in [0.3, 0.4) is 0 Å². The Bertz CT molecular complexity index is 1840. The molecular weight excluding hydrogens is 1250 g/mol. The molecule has 3 N–H and O–H groups in total. The van der Waals surface area contributed by atoms with Crippen LogP contribution in [0.15, 0.2) is 0 Å². The fourth-order valence-electron chi connectivity index (χ4n) is 11.7. The number of carbonyl (C=O) groups excluding carboxylic acids is 4. The van der Waals surface area contributed by atoms with E-state index >= 15 is 0 Å². The predicted molar refractivity (Wildman–Crippen MR) is 386 cm³/mol. The van der Waals surface area contributed by atoms with Crippen LogP contribution in [0, 0.1) is 11.8 Å². The van der Waals surface area contributed by atoms with Gasteiger partial charge in [-0.05, 0) is 37.5 Å². The number of aliphatic hydroxyl groups is 1. The zero-order valence-corrected chi connectivity index (χ0v) is 63.8. The summed E-state index contributed by atoms with van der Waals surface area (Å²) >= 11 is 0. The number of rotatable bonds is 75. The molecule has 19 heteroatoms. The van der Waals surface area contributed by atoms with Gasteiger partial charge in [-0.1, -0.05) is 343 Å². The molecule has 0 aliphatic rings. The Balaban J connectivity index is 5.21. The topological polar surface area (TPSA) is 237 Å². The minimum absolute atomic E-state index is 0.105. The number of carbonyl (C=O) groups is 4. The summed E-state index contributed by atoms with van der Waals surface area (Å²) < 4.78 is 68.5. The Morgan fingerprint density at radius 1 is 0.284 bits per heavy atom. The predicted octanol–water partition coefficient (Wildman–Crippen LogP) is 22.3. The summed E-state index contributed by atoms with van der Waals surface area (Å²) in [5.74, 6) is -0.676. The van der Waals surface area contributed by atoms with Gasteiger partial charge in [-0.2, -0.15) is 0 Å². The van der Waals surface area contributed by atoms with Crippen molar-refractivity contribution in [2.45, 2.75) is 413 Å². The van der Waals surface area contributed by atoms with Gasteiger partial charge in [0.2, 0.25) is 0 Å². The van der Waals surface area contributed by atoms with Crippen molar-refractivity contribution in [1.82, 2.24) is 0 Å². The molecule has 0 bridgehead atoms. The van der Waals surface area contributed by atoms with Crippen molar-refractivity contribution in [1.29, 1.82) is 0 Å². The minimum atomic E-state index is -4.96. The van der Waals surface area contributed by atoms with Crippen LogP contribution in [0.2, 0.25) is 0 Å². The Labute approximate surface area is 581 Å². The molecule has 17 nitrogen and oxygen atoms in total. The lowest BCUT2D eigenvalue weighted by Crippen LogP contribution is -2.30. The number of hydrogen-bond donors (Lipinski definition) is 3. The van der Waals surface area contributed by atoms with Crippen LogP contribution in [0.1, 0.15) is 395 Å². The van der Waals surface area contributed by atoms with Crippen molar-refractivity contribution in [3.63, 3.8) is 0 Å². The molecule has 0 aromatic rings. The zero-order chi connectivity index (χ0) is 70.0. The fourth-order valence-corrected chi connectivity index (χ4v) is 13.2. The number of hydrogen-bond acceptors (Lipinski definition) is 15. The molecule has 0 amide bonds. The van der Waals surface area contributed by atoms with Crippen LogP contribution in [0.5, 0.6) is 0 Å². The van der Waals surface area contributed by atoms with E-state index < -0.39 is 97.5 Å². The largest absolute Gasteiger partial charge is 0.472 e. The van der Waals surface area contributed by atoms with Gasteiger partial charge in [0.25, 0.3) is 0 Å². The van der Waals surface area contributed by atoms with E-state index in [2.05, 4.69) is 41.5 Å². The maximum absolute atomic E-state index is 13.1. The molecule has 0 aliphatic carbocycles. The molecule has 0 radical (unpaired) electrons. The number of aliphatic hydroxyl groups excluding tert-OH is 1. The van der Waals surface area contributed by atoms with Crippen molar-refractivity contribution >= 4 is 39.5 Å². The van der Waals surface area contributed by atoms with Gasteiger partial charge in [0.1, 0.15) is 19.3 Å². The van der Waals surface area contributed by atoms with E-state index in [1.165, 1.54) is 205 Å². The van der Waals surface area contributed by atoms with E-state index in [4.69, 9.17) is 37.0 Å². The number of phosphoric ester groups is 2. The molecule has 564 valence electrons. The monoisotopic (exact) mass is 1400 g/mol. The summed E-state index contributed by atoms with van der Waals surface area (Å²) in [6.45, 7) is 9.51. The summed E-state index contributed by atoms with van der Waals surface area (Å²) in [6, 6.07) is 0. The van der Waals surface area contributed by atoms with Crippen molar-refractivity contribution in [2.75, 3.05) is 39.6 Å². The summed E-state index contributed by atoms with van der Waals surface area (Å²) in [7, 11) is -9.91. The van der Waals surface area contributed by atoms with Gasteiger partial charge in [-0.25, -0.2) is 9.13 Å². The molecule has 0 heterocycles. The van der Waals surface area contributed by atoms with Crippen molar-refractivity contribution in [3.8, 4) is 0 Å². The average Bonchev–Trinajstić information content (AvgIpc) is 2.28. The summed E-state index contributed by atoms with van der Waals surface area (Å²) in [5.41, 5.74) is 0. The molecule has 0 aromatic carbocycles. The molecule has 0 saturated carbocycles. The lowest BCUT2D eigenvalue weighted by atomic mass is 10.0. The standard InChI is InChI=1S/C76H148O17P2/c1-7-9-11-13-15-17-19-21-22-23-24-25-26-27-29-31-35-41-48-54-60-75(80)92-71(64-86-73(78)58-52-46-40-34-30-28-20-18-16-14-12-10-8-2)66-90-94(82,83)88-62-70(77)63-89-95(84,85)91-67-72(65-87-74(79)59-53-47-43-37-39-45-51-57-69(5)6)93-76(81)61-55-49-42-36-32-33-38-44-50-56-68(3)4/h68-72,77H,7-67H2,1-6H3,(H,82,83)(H,84,85)/t70-,71-,72-/m1/s1. The van der Waals surface area contributed by atoms with Crippen LogP contribution in [0.4, 0.5) is 0 Å². The first kappa shape index (κ1) is 93.1. The lowest BCUT2D eigenvalue weighted by molar-refractivity contribution is -0.161. The third-order valence-electron chi connectivity index (χ3n) is 17.7. The Hall–Kier alpha value is -1.94. The zero-order valence-electron chi connectivity index (χ0n) is 62.0. The van der Waals surface area contributed by atoms with Gasteiger partial charge < -0.3 is 33.8 Å². The summed E-state index contributed by atoms with van der Waals surface area (Å²) in [5, 5.41) is 10.6. The minimum Gasteiger partial charge on any atom is -0.462 e. The molecular formula is C76H148O17P2. The summed E-state index contributed by atoms with van der Waals surface area (Å²) in [6.07, 6.45) is 55.7.